The zero-order valence-corrected chi connectivity index (χ0v) is 15.5. The Balaban J connectivity index is 2.78. The third-order valence-corrected chi connectivity index (χ3v) is 4.55. The Morgan fingerprint density at radius 3 is 2.62 bits per heavy atom. The molecule has 21 heavy (non-hydrogen) atoms. The molecule has 122 valence electrons. The minimum Gasteiger partial charge on any atom is -0.382 e. The minimum absolute atomic E-state index is 0.444. The first-order valence-electron chi connectivity index (χ1n) is 8.22. The molecule has 1 aromatic rings. The number of nitrogens with zero attached hydrogens (tertiary/aromatic N) is 2. The van der Waals surface area contributed by atoms with Crippen LogP contribution in [0.1, 0.15) is 51.9 Å². The van der Waals surface area contributed by atoms with Crippen LogP contribution in [-0.4, -0.2) is 35.6 Å². The van der Waals surface area contributed by atoms with Crippen molar-refractivity contribution in [3.63, 3.8) is 0 Å². The van der Waals surface area contributed by atoms with E-state index >= 15 is 0 Å². The average Bonchev–Trinajstić information content (AvgIpc) is 2.80. The molecule has 1 unspecified atom stereocenters. The molecule has 1 atom stereocenters. The fourth-order valence-corrected chi connectivity index (χ4v) is 3.17. The Kier molecular flexibility index (Phi) is 9.20. The van der Waals surface area contributed by atoms with Crippen molar-refractivity contribution in [2.75, 3.05) is 19.8 Å². The third kappa shape index (κ3) is 5.72. The van der Waals surface area contributed by atoms with E-state index in [4.69, 9.17) is 4.74 Å². The summed E-state index contributed by atoms with van der Waals surface area (Å²) in [6, 6.07) is 0.444. The van der Waals surface area contributed by atoms with Crippen molar-refractivity contribution in [1.29, 1.82) is 0 Å². The predicted molar refractivity (Wildman–Crippen MR) is 91.9 cm³/mol. The van der Waals surface area contributed by atoms with Gasteiger partial charge in [-0.2, -0.15) is 5.10 Å². The van der Waals surface area contributed by atoms with Gasteiger partial charge in [0.15, 0.2) is 0 Å². The molecule has 0 saturated heterocycles. The number of aromatic nitrogens is 2. The Labute approximate surface area is 137 Å². The van der Waals surface area contributed by atoms with Crippen LogP contribution >= 0.6 is 15.9 Å². The fraction of sp³-hybridized carbons (Fsp3) is 0.812. The van der Waals surface area contributed by atoms with Gasteiger partial charge in [0.1, 0.15) is 0 Å². The van der Waals surface area contributed by atoms with E-state index < -0.39 is 0 Å². The van der Waals surface area contributed by atoms with Crippen molar-refractivity contribution in [2.45, 2.75) is 66.0 Å². The highest BCUT2D eigenvalue weighted by Crippen LogP contribution is 2.24. The van der Waals surface area contributed by atoms with Crippen LogP contribution < -0.4 is 5.32 Å². The van der Waals surface area contributed by atoms with E-state index in [1.54, 1.807) is 0 Å². The molecule has 0 amide bonds. The number of nitrogens with one attached hydrogen (secondary N) is 1. The molecule has 1 N–H and O–H groups in total. The Bertz CT molecular complexity index is 406. The van der Waals surface area contributed by atoms with Crippen molar-refractivity contribution in [3.05, 3.63) is 15.9 Å². The molecule has 1 rings (SSSR count). The lowest BCUT2D eigenvalue weighted by atomic mass is 10.1. The standard InChI is InChI=1S/C16H30BrN3O/c1-5-10-18-13(9-11-21-8-4)12-15-16(17)14(6-2)19-20(15)7-3/h13,18H,5-12H2,1-4H3. The normalized spacial score (nSPS) is 12.8. The van der Waals surface area contributed by atoms with Crippen LogP contribution in [0.5, 0.6) is 0 Å². The molecule has 1 heterocycles. The molecule has 5 heteroatoms. The largest absolute Gasteiger partial charge is 0.382 e. The van der Waals surface area contributed by atoms with Crippen molar-refractivity contribution < 1.29 is 4.74 Å². The van der Waals surface area contributed by atoms with Gasteiger partial charge in [0.25, 0.3) is 0 Å². The zero-order chi connectivity index (χ0) is 15.7. The molecule has 0 saturated carbocycles. The molecule has 0 aliphatic rings. The zero-order valence-electron chi connectivity index (χ0n) is 13.9. The van der Waals surface area contributed by atoms with Gasteiger partial charge in [-0.1, -0.05) is 13.8 Å². The van der Waals surface area contributed by atoms with E-state index in [-0.39, 0.29) is 0 Å². The van der Waals surface area contributed by atoms with Gasteiger partial charge >= 0.3 is 0 Å². The highest BCUT2D eigenvalue weighted by atomic mass is 79.9. The van der Waals surface area contributed by atoms with E-state index in [1.807, 2.05) is 6.92 Å². The lowest BCUT2D eigenvalue weighted by molar-refractivity contribution is 0.136. The van der Waals surface area contributed by atoms with Crippen LogP contribution in [-0.2, 0) is 24.1 Å². The second-order valence-electron chi connectivity index (χ2n) is 5.22. The molecule has 1 aromatic heterocycles. The van der Waals surface area contributed by atoms with Gasteiger partial charge in [0, 0.05) is 32.2 Å². The summed E-state index contributed by atoms with van der Waals surface area (Å²) in [5.74, 6) is 0. The number of aryl methyl sites for hydroxylation is 2. The van der Waals surface area contributed by atoms with Crippen LogP contribution in [0.4, 0.5) is 0 Å². The van der Waals surface area contributed by atoms with Gasteiger partial charge in [0.05, 0.1) is 15.9 Å². The van der Waals surface area contributed by atoms with Crippen molar-refractivity contribution >= 4 is 15.9 Å². The maximum Gasteiger partial charge on any atom is 0.0766 e. The maximum absolute atomic E-state index is 5.52. The maximum atomic E-state index is 5.52. The second-order valence-corrected chi connectivity index (χ2v) is 6.01. The summed E-state index contributed by atoms with van der Waals surface area (Å²) in [4.78, 5) is 0. The molecular weight excluding hydrogens is 330 g/mol. The summed E-state index contributed by atoms with van der Waals surface area (Å²) in [5.41, 5.74) is 2.46. The lowest BCUT2D eigenvalue weighted by Crippen LogP contribution is -2.33. The van der Waals surface area contributed by atoms with E-state index in [0.717, 1.165) is 57.7 Å². The Morgan fingerprint density at radius 2 is 2.05 bits per heavy atom. The van der Waals surface area contributed by atoms with E-state index in [1.165, 1.54) is 10.2 Å². The fourth-order valence-electron chi connectivity index (χ4n) is 2.44. The van der Waals surface area contributed by atoms with Gasteiger partial charge in [0.2, 0.25) is 0 Å². The predicted octanol–water partition coefficient (Wildman–Crippen LogP) is 3.57. The molecule has 0 fully saturated rings. The molecular formula is C16H30BrN3O. The topological polar surface area (TPSA) is 39.1 Å². The third-order valence-electron chi connectivity index (χ3n) is 3.63. The molecule has 0 aliphatic heterocycles. The van der Waals surface area contributed by atoms with Gasteiger partial charge in [-0.05, 0) is 55.6 Å². The molecule has 0 spiro atoms. The van der Waals surface area contributed by atoms with Crippen LogP contribution in [0.3, 0.4) is 0 Å². The number of ether oxygens (including phenoxy) is 1. The monoisotopic (exact) mass is 359 g/mol. The second kappa shape index (κ2) is 10.4. The first kappa shape index (κ1) is 18.7. The molecule has 0 bridgehead atoms. The van der Waals surface area contributed by atoms with Gasteiger partial charge < -0.3 is 10.1 Å². The molecule has 0 radical (unpaired) electrons. The number of rotatable bonds is 11. The van der Waals surface area contributed by atoms with Crippen LogP contribution in [0, 0.1) is 0 Å². The van der Waals surface area contributed by atoms with Crippen LogP contribution in [0.15, 0.2) is 4.47 Å². The minimum atomic E-state index is 0.444. The molecule has 4 nitrogen and oxygen atoms in total. The highest BCUT2D eigenvalue weighted by molar-refractivity contribution is 9.10. The van der Waals surface area contributed by atoms with Gasteiger partial charge in [-0.15, -0.1) is 0 Å². The van der Waals surface area contributed by atoms with E-state index in [0.29, 0.717) is 6.04 Å². The highest BCUT2D eigenvalue weighted by Gasteiger charge is 2.18. The summed E-state index contributed by atoms with van der Waals surface area (Å²) < 4.78 is 8.84. The summed E-state index contributed by atoms with van der Waals surface area (Å²) in [6.07, 6.45) is 4.15. The summed E-state index contributed by atoms with van der Waals surface area (Å²) in [7, 11) is 0. The van der Waals surface area contributed by atoms with Crippen LogP contribution in [0.2, 0.25) is 0 Å². The summed E-state index contributed by atoms with van der Waals surface area (Å²) in [6.45, 7) is 12.1. The SMILES string of the molecule is CCCNC(CCOCC)Cc1c(Br)c(CC)nn1CC. The Morgan fingerprint density at radius 1 is 1.29 bits per heavy atom. The van der Waals surface area contributed by atoms with Crippen LogP contribution in [0.25, 0.3) is 0 Å². The summed E-state index contributed by atoms with van der Waals surface area (Å²) >= 11 is 3.74. The first-order valence-corrected chi connectivity index (χ1v) is 9.02. The van der Waals surface area contributed by atoms with Crippen molar-refractivity contribution in [3.8, 4) is 0 Å². The average molecular weight is 360 g/mol. The lowest BCUT2D eigenvalue weighted by Gasteiger charge is -2.19. The van der Waals surface area contributed by atoms with E-state index in [2.05, 4.69) is 51.8 Å². The number of hydrogen-bond donors (Lipinski definition) is 1. The smallest absolute Gasteiger partial charge is 0.0766 e. The van der Waals surface area contributed by atoms with Crippen molar-refractivity contribution in [2.24, 2.45) is 0 Å². The van der Waals surface area contributed by atoms with E-state index in [9.17, 15) is 0 Å². The van der Waals surface area contributed by atoms with Gasteiger partial charge in [-0.3, -0.25) is 4.68 Å². The Hall–Kier alpha value is -0.390. The number of hydrogen-bond acceptors (Lipinski definition) is 3. The first-order chi connectivity index (χ1) is 10.2. The summed E-state index contributed by atoms with van der Waals surface area (Å²) in [5, 5.41) is 8.33. The molecule has 0 aromatic carbocycles. The quantitative estimate of drug-likeness (QED) is 0.614. The number of halogens is 1. The molecule has 0 aliphatic carbocycles. The van der Waals surface area contributed by atoms with Gasteiger partial charge in [-0.25, -0.2) is 0 Å². The van der Waals surface area contributed by atoms with Crippen molar-refractivity contribution in [1.82, 2.24) is 15.1 Å².